The second-order valence-corrected chi connectivity index (χ2v) is 7.39. The van der Waals surface area contributed by atoms with E-state index in [-0.39, 0.29) is 12.5 Å². The number of carbonyl (C=O) groups is 3. The zero-order valence-electron chi connectivity index (χ0n) is 19.2. The van der Waals surface area contributed by atoms with Gasteiger partial charge in [-0.05, 0) is 49.2 Å². The predicted molar refractivity (Wildman–Crippen MR) is 126 cm³/mol. The third kappa shape index (κ3) is 7.04. The van der Waals surface area contributed by atoms with E-state index < -0.39 is 11.8 Å². The smallest absolute Gasteiger partial charge is 0.329 e. The second kappa shape index (κ2) is 12.4. The first-order valence-corrected chi connectivity index (χ1v) is 10.9. The van der Waals surface area contributed by atoms with Crippen LogP contribution in [0, 0.1) is 6.92 Å². The summed E-state index contributed by atoms with van der Waals surface area (Å²) in [6.45, 7) is 6.07. The molecular formula is C24H28N4O6. The van der Waals surface area contributed by atoms with Crippen molar-refractivity contribution in [1.29, 1.82) is 0 Å². The van der Waals surface area contributed by atoms with Crippen LogP contribution >= 0.6 is 0 Å². The first-order valence-electron chi connectivity index (χ1n) is 10.9. The Labute approximate surface area is 197 Å². The summed E-state index contributed by atoms with van der Waals surface area (Å²) in [5.41, 5.74) is 4.19. The topological polar surface area (TPSA) is 119 Å². The van der Waals surface area contributed by atoms with E-state index in [0.717, 1.165) is 5.56 Å². The maximum atomic E-state index is 12.3. The molecule has 0 atom stereocenters. The first kappa shape index (κ1) is 24.7. The number of ether oxygens (including phenoxy) is 3. The number of nitrogens with one attached hydrogen (secondary N) is 2. The molecule has 0 radical (unpaired) electrons. The number of rotatable bonds is 8. The van der Waals surface area contributed by atoms with Gasteiger partial charge in [-0.15, -0.1) is 0 Å². The van der Waals surface area contributed by atoms with Crippen LogP contribution in [-0.4, -0.2) is 68.4 Å². The lowest BCUT2D eigenvalue weighted by Gasteiger charge is -2.26. The van der Waals surface area contributed by atoms with Gasteiger partial charge < -0.3 is 24.4 Å². The average molecular weight is 469 g/mol. The lowest BCUT2D eigenvalue weighted by atomic mass is 10.2. The van der Waals surface area contributed by atoms with E-state index in [2.05, 4.69) is 15.8 Å². The fourth-order valence-electron chi connectivity index (χ4n) is 3.14. The van der Waals surface area contributed by atoms with E-state index in [9.17, 15) is 14.4 Å². The number of aryl methyl sites for hydroxylation is 1. The van der Waals surface area contributed by atoms with Gasteiger partial charge in [0.15, 0.2) is 18.1 Å². The Morgan fingerprint density at radius 1 is 1.06 bits per heavy atom. The van der Waals surface area contributed by atoms with E-state index in [1.54, 1.807) is 35.2 Å². The lowest BCUT2D eigenvalue weighted by molar-refractivity contribution is -0.137. The molecule has 3 rings (SSSR count). The zero-order chi connectivity index (χ0) is 24.3. The summed E-state index contributed by atoms with van der Waals surface area (Å²) in [5, 5.41) is 6.38. The number of anilines is 1. The van der Waals surface area contributed by atoms with Crippen molar-refractivity contribution in [2.45, 2.75) is 13.8 Å². The Hall–Kier alpha value is -3.92. The molecule has 0 unspecified atom stereocenters. The van der Waals surface area contributed by atoms with Gasteiger partial charge in [-0.2, -0.15) is 5.10 Å². The molecular weight excluding hydrogens is 440 g/mol. The summed E-state index contributed by atoms with van der Waals surface area (Å²) in [5.74, 6) is -0.989. The number of carbonyl (C=O) groups excluding carboxylic acids is 3. The largest absolute Gasteiger partial charge is 0.490 e. The maximum Gasteiger partial charge on any atom is 0.329 e. The van der Waals surface area contributed by atoms with Crippen LogP contribution in [0.3, 0.4) is 0 Å². The summed E-state index contributed by atoms with van der Waals surface area (Å²) < 4.78 is 16.5. The van der Waals surface area contributed by atoms with E-state index in [1.807, 2.05) is 26.0 Å². The minimum absolute atomic E-state index is 0.112. The molecule has 0 aliphatic carbocycles. The van der Waals surface area contributed by atoms with Crippen molar-refractivity contribution in [3.63, 3.8) is 0 Å². The molecule has 10 heteroatoms. The molecule has 2 aromatic rings. The number of benzene rings is 2. The molecule has 0 aromatic heterocycles. The fraction of sp³-hybridized carbons (Fsp3) is 0.333. The summed E-state index contributed by atoms with van der Waals surface area (Å²) in [6, 6.07) is 12.2. The zero-order valence-corrected chi connectivity index (χ0v) is 19.2. The number of morpholine rings is 1. The first-order chi connectivity index (χ1) is 16.5. The maximum absolute atomic E-state index is 12.3. The van der Waals surface area contributed by atoms with Gasteiger partial charge in [0.1, 0.15) is 0 Å². The van der Waals surface area contributed by atoms with Crippen molar-refractivity contribution >= 4 is 29.6 Å². The molecule has 0 bridgehead atoms. The summed E-state index contributed by atoms with van der Waals surface area (Å²) in [6.07, 6.45) is 1.38. The summed E-state index contributed by atoms with van der Waals surface area (Å²) >= 11 is 0. The van der Waals surface area contributed by atoms with Gasteiger partial charge in [-0.3, -0.25) is 14.4 Å². The summed E-state index contributed by atoms with van der Waals surface area (Å²) in [7, 11) is 0. The Morgan fingerprint density at radius 2 is 1.82 bits per heavy atom. The van der Waals surface area contributed by atoms with Crippen LogP contribution in [0.25, 0.3) is 0 Å². The molecule has 3 amide bonds. The van der Waals surface area contributed by atoms with Crippen molar-refractivity contribution in [2.75, 3.05) is 44.8 Å². The molecule has 1 aliphatic rings. The van der Waals surface area contributed by atoms with E-state index in [1.165, 1.54) is 6.21 Å². The van der Waals surface area contributed by atoms with Gasteiger partial charge in [-0.1, -0.05) is 18.2 Å². The molecule has 180 valence electrons. The molecule has 0 spiro atoms. The van der Waals surface area contributed by atoms with Gasteiger partial charge in [0, 0.05) is 18.8 Å². The molecule has 2 aromatic carbocycles. The van der Waals surface area contributed by atoms with Crippen LogP contribution in [0.4, 0.5) is 5.69 Å². The molecule has 2 N–H and O–H groups in total. The number of nitrogens with zero attached hydrogens (tertiary/aromatic N) is 2. The predicted octanol–water partition coefficient (Wildman–Crippen LogP) is 1.72. The number of amides is 3. The van der Waals surface area contributed by atoms with E-state index in [4.69, 9.17) is 14.2 Å². The number of hydrazone groups is 1. The highest BCUT2D eigenvalue weighted by Gasteiger charge is 2.18. The van der Waals surface area contributed by atoms with Gasteiger partial charge >= 0.3 is 11.8 Å². The normalized spacial score (nSPS) is 13.4. The Morgan fingerprint density at radius 3 is 2.56 bits per heavy atom. The van der Waals surface area contributed by atoms with Crippen LogP contribution in [0.15, 0.2) is 47.6 Å². The molecule has 1 saturated heterocycles. The third-order valence-corrected chi connectivity index (χ3v) is 4.96. The van der Waals surface area contributed by atoms with Crippen LogP contribution in [0.5, 0.6) is 11.5 Å². The number of para-hydroxylation sites is 1. The standard InChI is InChI=1S/C24H28N4O6/c1-3-33-21-14-18(8-9-20(21)34-16-22(29)28-10-12-32-13-11-28)15-25-27-24(31)23(30)26-19-7-5-4-6-17(19)2/h4-9,14-15H,3,10-13,16H2,1-2H3,(H,26,30)(H,27,31)/b25-15-. The van der Waals surface area contributed by atoms with E-state index >= 15 is 0 Å². The van der Waals surface area contributed by atoms with Crippen LogP contribution in [0.2, 0.25) is 0 Å². The molecule has 1 heterocycles. The van der Waals surface area contributed by atoms with E-state index in [0.29, 0.717) is 55.7 Å². The lowest BCUT2D eigenvalue weighted by Crippen LogP contribution is -2.43. The molecule has 1 aliphatic heterocycles. The van der Waals surface area contributed by atoms with Crippen LogP contribution < -0.4 is 20.2 Å². The fourth-order valence-corrected chi connectivity index (χ4v) is 3.14. The van der Waals surface area contributed by atoms with Crippen molar-refractivity contribution in [2.24, 2.45) is 5.10 Å². The molecule has 1 fully saturated rings. The monoisotopic (exact) mass is 468 g/mol. The highest BCUT2D eigenvalue weighted by atomic mass is 16.5. The minimum Gasteiger partial charge on any atom is -0.490 e. The minimum atomic E-state index is -0.897. The van der Waals surface area contributed by atoms with Crippen molar-refractivity contribution < 1.29 is 28.6 Å². The van der Waals surface area contributed by atoms with Crippen molar-refractivity contribution in [3.8, 4) is 11.5 Å². The Kier molecular flexibility index (Phi) is 8.98. The Balaban J connectivity index is 1.56. The average Bonchev–Trinajstić information content (AvgIpc) is 2.85. The molecule has 10 nitrogen and oxygen atoms in total. The van der Waals surface area contributed by atoms with Gasteiger partial charge in [0.25, 0.3) is 5.91 Å². The van der Waals surface area contributed by atoms with Crippen LogP contribution in [0.1, 0.15) is 18.1 Å². The number of hydrogen-bond acceptors (Lipinski definition) is 7. The quantitative estimate of drug-likeness (QED) is 0.346. The number of hydrogen-bond donors (Lipinski definition) is 2. The van der Waals surface area contributed by atoms with Gasteiger partial charge in [0.05, 0.1) is 26.0 Å². The highest BCUT2D eigenvalue weighted by molar-refractivity contribution is 6.39. The second-order valence-electron chi connectivity index (χ2n) is 7.39. The SMILES string of the molecule is CCOc1cc(/C=N\NC(=O)C(=O)Nc2ccccc2C)ccc1OCC(=O)N1CCOCC1. The summed E-state index contributed by atoms with van der Waals surface area (Å²) in [4.78, 5) is 38.1. The van der Waals surface area contributed by atoms with Gasteiger partial charge in [-0.25, -0.2) is 5.43 Å². The van der Waals surface area contributed by atoms with Gasteiger partial charge in [0.2, 0.25) is 0 Å². The Bertz CT molecular complexity index is 1050. The molecule has 0 saturated carbocycles. The van der Waals surface area contributed by atoms with Crippen LogP contribution in [-0.2, 0) is 19.1 Å². The molecule has 34 heavy (non-hydrogen) atoms. The third-order valence-electron chi connectivity index (χ3n) is 4.96. The van der Waals surface area contributed by atoms with Crippen molar-refractivity contribution in [3.05, 3.63) is 53.6 Å². The van der Waals surface area contributed by atoms with Crippen molar-refractivity contribution in [1.82, 2.24) is 10.3 Å². The highest BCUT2D eigenvalue weighted by Crippen LogP contribution is 2.28.